The standard InChI is InChI=1S/C97H128N8O11/c1-18-22-44-113-58(5)67-54-68(67)87(106)102-79-40-30-41-80(103-88(107)69-55-72(69)91(110)114-45-23-19-2)85(79)83-75(98)36-26-32-59(61-48-63(94(6,7)8)52-64(49-61)95(9,10)11)34-28-38-77(100)84(78(101)39-29-35-60(33-27-37-76(83)99)62-50-65(96(12,13)14)53-66(51-62)97(15,16)17)86-81(104-89(108)70-56-73(70)92(111)115-46-24-20-3)42-31-43-82(86)105-90(109)71-57-74(71)93(112)116-47-25-21-4/h26-34,36-43,48-53,58,67-74,98H,18-25,35,44-47,54-57,99-101H2,1-17H3,(H,102,106)(H,103,107)(H,104,108)(H,105,109)/b34-28+,36-26-,37-27-,39-29-,59-32-,60-33-,77-38-,83-76+,84-78+,98-75?/t58?,67-,68?,69+,70+,71+,72+,73+,74+/m0/s1. The van der Waals surface area contributed by atoms with E-state index in [2.05, 4.69) is 148 Å². The average Bonchev–Trinajstić information content (AvgIpc) is 1.19. The van der Waals surface area contributed by atoms with E-state index in [0.29, 0.717) is 50.0 Å². The van der Waals surface area contributed by atoms with Gasteiger partial charge in [0.25, 0.3) is 0 Å². The van der Waals surface area contributed by atoms with Crippen LogP contribution in [0.3, 0.4) is 0 Å². The Hall–Kier alpha value is -10.1. The Morgan fingerprint density at radius 3 is 1.22 bits per heavy atom. The van der Waals surface area contributed by atoms with Crippen molar-refractivity contribution in [3.05, 3.63) is 201 Å². The van der Waals surface area contributed by atoms with Crippen LogP contribution >= 0.6 is 0 Å². The normalized spacial score (nSPS) is 24.5. The van der Waals surface area contributed by atoms with E-state index < -0.39 is 71.1 Å². The second kappa shape index (κ2) is 39.2. The number of unbranched alkanes of at least 4 members (excludes halogenated alkanes) is 4. The van der Waals surface area contributed by atoms with Crippen LogP contribution in [0, 0.1) is 52.8 Å². The van der Waals surface area contributed by atoms with Gasteiger partial charge < -0.3 is 62.8 Å². The van der Waals surface area contributed by atoms with Crippen molar-refractivity contribution in [3.63, 3.8) is 0 Å². The fourth-order valence-corrected chi connectivity index (χ4v) is 14.2. The van der Waals surface area contributed by atoms with Crippen molar-refractivity contribution >= 4 is 92.3 Å². The van der Waals surface area contributed by atoms with E-state index >= 15 is 0 Å². The van der Waals surface area contributed by atoms with Gasteiger partial charge in [0.1, 0.15) is 0 Å². The maximum Gasteiger partial charge on any atom is 0.309 e. The molecule has 5 aliphatic rings. The molecule has 4 fully saturated rings. The predicted octanol–water partition coefficient (Wildman–Crippen LogP) is 19.1. The Labute approximate surface area is 688 Å². The van der Waals surface area contributed by atoms with E-state index in [1.54, 1.807) is 72.9 Å². The predicted molar refractivity (Wildman–Crippen MR) is 469 cm³/mol. The summed E-state index contributed by atoms with van der Waals surface area (Å²) in [5.74, 6) is -7.34. The number of carbonyl (C=O) groups excluding carboxylic acids is 7. The van der Waals surface area contributed by atoms with Crippen molar-refractivity contribution in [3.8, 4) is 0 Å². The summed E-state index contributed by atoms with van der Waals surface area (Å²) in [6, 6.07) is 23.4. The molecule has 116 heavy (non-hydrogen) atoms. The zero-order chi connectivity index (χ0) is 84.7. The fourth-order valence-electron chi connectivity index (χ4n) is 14.2. The number of nitrogens with one attached hydrogen (secondary N) is 5. The summed E-state index contributed by atoms with van der Waals surface area (Å²) < 4.78 is 23.0. The second-order valence-corrected chi connectivity index (χ2v) is 36.1. The fraction of sp³-hybridized carbons (Fsp3) is 0.485. The molecule has 19 heteroatoms. The Morgan fingerprint density at radius 2 is 0.810 bits per heavy atom. The maximum atomic E-state index is 14.8. The van der Waals surface area contributed by atoms with Crippen molar-refractivity contribution in [1.82, 2.24) is 0 Å². The zero-order valence-electron chi connectivity index (χ0n) is 71.7. The molecule has 0 spiro atoms. The van der Waals surface area contributed by atoms with Crippen molar-refractivity contribution in [2.75, 3.05) is 47.7 Å². The van der Waals surface area contributed by atoms with Crippen molar-refractivity contribution in [2.45, 2.75) is 229 Å². The Kier molecular flexibility index (Phi) is 30.3. The number of carbonyl (C=O) groups is 7. The molecule has 0 radical (unpaired) electrons. The number of allylic oxidation sites excluding steroid dienone is 15. The minimum Gasteiger partial charge on any atom is -0.465 e. The molecule has 0 aliphatic heterocycles. The summed E-state index contributed by atoms with van der Waals surface area (Å²) in [6.07, 6.45) is 27.8. The molecular weight excluding hydrogens is 1450 g/mol. The van der Waals surface area contributed by atoms with Gasteiger partial charge in [0, 0.05) is 51.9 Å². The van der Waals surface area contributed by atoms with Gasteiger partial charge in [0.05, 0.1) is 89.9 Å². The van der Waals surface area contributed by atoms with Crippen molar-refractivity contribution in [1.29, 1.82) is 5.41 Å². The third-order valence-electron chi connectivity index (χ3n) is 22.3. The summed E-state index contributed by atoms with van der Waals surface area (Å²) in [5, 5.41) is 23.1. The van der Waals surface area contributed by atoms with Crippen LogP contribution in [0.1, 0.15) is 246 Å². The first-order valence-corrected chi connectivity index (χ1v) is 42.0. The molecule has 0 aromatic heterocycles. The summed E-state index contributed by atoms with van der Waals surface area (Å²) in [6.45, 7) is 37.4. The number of hydrogen-bond donors (Lipinski definition) is 8. The Bertz CT molecular complexity index is 4490. The lowest BCUT2D eigenvalue weighted by atomic mass is 9.78. The Morgan fingerprint density at radius 1 is 0.440 bits per heavy atom. The molecule has 0 bridgehead atoms. The number of hydrogen-bond acceptors (Lipinski definition) is 15. The lowest BCUT2D eigenvalue weighted by Crippen LogP contribution is -2.22. The Balaban J connectivity index is 1.29. The van der Waals surface area contributed by atoms with Gasteiger partial charge in [-0.1, -0.05) is 228 Å². The second-order valence-electron chi connectivity index (χ2n) is 36.1. The van der Waals surface area contributed by atoms with E-state index in [-0.39, 0.29) is 147 Å². The van der Waals surface area contributed by atoms with Gasteiger partial charge in [-0.25, -0.2) is 0 Å². The summed E-state index contributed by atoms with van der Waals surface area (Å²) in [7, 11) is 0. The number of amides is 4. The van der Waals surface area contributed by atoms with Crippen LogP contribution in [0.2, 0.25) is 0 Å². The lowest BCUT2D eigenvalue weighted by molar-refractivity contribution is -0.147. The molecule has 4 saturated carbocycles. The molecule has 19 nitrogen and oxygen atoms in total. The third kappa shape index (κ3) is 24.0. The van der Waals surface area contributed by atoms with Crippen LogP contribution in [-0.2, 0) is 74.2 Å². The molecule has 0 saturated heterocycles. The summed E-state index contributed by atoms with van der Waals surface area (Å²) in [4.78, 5) is 98.8. The molecule has 9 rings (SSSR count). The van der Waals surface area contributed by atoms with E-state index in [9.17, 15) is 39.0 Å². The summed E-state index contributed by atoms with van der Waals surface area (Å²) >= 11 is 0. The monoisotopic (exact) mass is 1580 g/mol. The first-order chi connectivity index (χ1) is 54.9. The SMILES string of the molecule is CCCCOC(=O)[C@@H]1C[C@H]1C(=O)Nc1cccc(NC(=O)C2C[C@H]2C(C)OCCCC)c1\C1=C(N)/C=C\C=C(/c2cc(C(C)(C)C)cc(C(C)(C)C)c2)C\C=C/C(N)=C(c2c(NC(=O)[C@@H]3C[C@H]3C(=O)OCCCC)cccc2NC(=O)[C@@H]2C[C@H]2C(=O)OCCCC)/C(N)=C/C=C/C(c2cc(C(C)(C)C)cc(C(C)(C)C)c2)=C/C=C\C1=N. The van der Waals surface area contributed by atoms with Crippen molar-refractivity contribution < 1.29 is 52.5 Å². The molecule has 11 N–H and O–H groups in total. The largest absolute Gasteiger partial charge is 0.465 e. The van der Waals surface area contributed by atoms with E-state index in [1.165, 1.54) is 0 Å². The highest BCUT2D eigenvalue weighted by Crippen LogP contribution is 2.48. The molecule has 0 heterocycles. The molecular formula is C97H128N8O11. The molecule has 9 atom stereocenters. The number of rotatable bonds is 29. The van der Waals surface area contributed by atoms with Gasteiger partial charge in [-0.05, 0) is 185 Å². The topological polar surface area (TPSA) is 306 Å². The van der Waals surface area contributed by atoms with Gasteiger partial charge in [0.2, 0.25) is 23.6 Å². The number of ether oxygens (including phenoxy) is 4. The first-order valence-electron chi connectivity index (χ1n) is 42.0. The average molecular weight is 1580 g/mol. The minimum absolute atomic E-state index is 0.0322. The van der Waals surface area contributed by atoms with Crippen molar-refractivity contribution in [2.24, 2.45) is 64.5 Å². The van der Waals surface area contributed by atoms with Gasteiger partial charge in [-0.3, -0.25) is 33.6 Å². The van der Waals surface area contributed by atoms with Crippen LogP contribution in [-0.4, -0.2) is 79.8 Å². The van der Waals surface area contributed by atoms with Gasteiger partial charge >= 0.3 is 17.9 Å². The molecule has 622 valence electrons. The maximum absolute atomic E-state index is 14.8. The minimum atomic E-state index is -0.706. The number of benzene rings is 4. The smallest absolute Gasteiger partial charge is 0.309 e. The number of esters is 3. The van der Waals surface area contributed by atoms with Gasteiger partial charge in [0.15, 0.2) is 0 Å². The molecule has 4 aromatic rings. The van der Waals surface area contributed by atoms with E-state index in [1.807, 2.05) is 58.1 Å². The first kappa shape index (κ1) is 89.8. The molecule has 2 unspecified atom stereocenters. The van der Waals surface area contributed by atoms with Crippen LogP contribution in [0.4, 0.5) is 22.7 Å². The summed E-state index contributed by atoms with van der Waals surface area (Å²) in [5.41, 5.74) is 31.3. The van der Waals surface area contributed by atoms with E-state index in [4.69, 9.17) is 36.1 Å². The number of nitrogens with two attached hydrogens (primary N) is 3. The van der Waals surface area contributed by atoms with Gasteiger partial charge in [-0.15, -0.1) is 0 Å². The lowest BCUT2D eigenvalue weighted by Gasteiger charge is -2.26. The van der Waals surface area contributed by atoms with Crippen LogP contribution in [0.5, 0.6) is 0 Å². The zero-order valence-corrected chi connectivity index (χ0v) is 71.7. The molecule has 4 aromatic carbocycles. The highest BCUT2D eigenvalue weighted by Gasteiger charge is 2.52. The van der Waals surface area contributed by atoms with Crippen LogP contribution in [0.25, 0.3) is 22.3 Å². The van der Waals surface area contributed by atoms with Crippen LogP contribution in [0.15, 0.2) is 157 Å². The van der Waals surface area contributed by atoms with Gasteiger partial charge in [-0.2, -0.15) is 0 Å². The highest BCUT2D eigenvalue weighted by atomic mass is 16.5. The van der Waals surface area contributed by atoms with E-state index in [0.717, 1.165) is 71.1 Å². The van der Waals surface area contributed by atoms with Crippen LogP contribution < -0.4 is 38.5 Å². The highest BCUT2D eigenvalue weighted by molar-refractivity contribution is 6.31. The third-order valence-corrected chi connectivity index (χ3v) is 22.3. The number of anilines is 4. The molecule has 5 aliphatic carbocycles. The molecule has 4 amide bonds. The quantitative estimate of drug-likeness (QED) is 0.0142.